The summed E-state index contributed by atoms with van der Waals surface area (Å²) in [6, 6.07) is 6.86. The standard InChI is InChI=1S/C11H10N4O2S2/c12-10-11(15-5-2-1-3-9(15)13-10)19(16,17)14-8-4-6-18-7-8/h1-7,14H,12H2. The summed E-state index contributed by atoms with van der Waals surface area (Å²) in [4.78, 5) is 4.03. The Morgan fingerprint density at radius 1 is 1.32 bits per heavy atom. The number of nitrogens with two attached hydrogens (primary N) is 1. The lowest BCUT2D eigenvalue weighted by Crippen LogP contribution is -2.16. The Hall–Kier alpha value is -2.06. The fourth-order valence-corrected chi connectivity index (χ4v) is 3.72. The van der Waals surface area contributed by atoms with Gasteiger partial charge in [-0.3, -0.25) is 9.12 Å². The van der Waals surface area contributed by atoms with Gasteiger partial charge >= 0.3 is 0 Å². The first-order valence-corrected chi connectivity index (χ1v) is 7.78. The highest BCUT2D eigenvalue weighted by molar-refractivity contribution is 7.92. The number of nitrogens with one attached hydrogen (secondary N) is 1. The van der Waals surface area contributed by atoms with Crippen LogP contribution in [0.1, 0.15) is 0 Å². The normalized spacial score (nSPS) is 11.8. The highest BCUT2D eigenvalue weighted by Crippen LogP contribution is 2.23. The topological polar surface area (TPSA) is 89.5 Å². The molecule has 0 amide bonds. The minimum atomic E-state index is -3.77. The van der Waals surface area contributed by atoms with Crippen molar-refractivity contribution in [3.63, 3.8) is 0 Å². The van der Waals surface area contributed by atoms with Crippen molar-refractivity contribution in [3.05, 3.63) is 41.2 Å². The number of hydrogen-bond donors (Lipinski definition) is 2. The van der Waals surface area contributed by atoms with E-state index in [-0.39, 0.29) is 10.8 Å². The number of nitrogens with zero attached hydrogens (tertiary/aromatic N) is 2. The first-order chi connectivity index (χ1) is 9.08. The summed E-state index contributed by atoms with van der Waals surface area (Å²) in [5.41, 5.74) is 6.72. The molecule has 0 spiro atoms. The predicted octanol–water partition coefficient (Wildman–Crippen LogP) is 1.78. The summed E-state index contributed by atoms with van der Waals surface area (Å²) in [6.07, 6.45) is 1.61. The smallest absolute Gasteiger partial charge is 0.281 e. The number of pyridine rings is 1. The van der Waals surface area contributed by atoms with Gasteiger partial charge < -0.3 is 5.73 Å². The summed E-state index contributed by atoms with van der Waals surface area (Å²) < 4.78 is 28.6. The van der Waals surface area contributed by atoms with E-state index in [0.717, 1.165) is 0 Å². The van der Waals surface area contributed by atoms with Gasteiger partial charge in [0.25, 0.3) is 10.0 Å². The van der Waals surface area contributed by atoms with E-state index in [2.05, 4.69) is 9.71 Å². The molecule has 3 aromatic heterocycles. The van der Waals surface area contributed by atoms with Crippen LogP contribution in [0.4, 0.5) is 11.5 Å². The average molecular weight is 294 g/mol. The number of anilines is 2. The number of imidazole rings is 1. The summed E-state index contributed by atoms with van der Waals surface area (Å²) in [7, 11) is -3.77. The fourth-order valence-electron chi connectivity index (χ4n) is 1.78. The van der Waals surface area contributed by atoms with Gasteiger partial charge in [0.15, 0.2) is 5.82 Å². The van der Waals surface area contributed by atoms with Crippen molar-refractivity contribution in [2.24, 2.45) is 0 Å². The summed E-state index contributed by atoms with van der Waals surface area (Å²) in [5.74, 6) is -0.0195. The Kier molecular flexibility index (Phi) is 2.68. The molecule has 0 radical (unpaired) electrons. The van der Waals surface area contributed by atoms with Gasteiger partial charge in [-0.2, -0.15) is 19.8 Å². The van der Waals surface area contributed by atoms with Crippen molar-refractivity contribution in [1.29, 1.82) is 0 Å². The van der Waals surface area contributed by atoms with Crippen LogP contribution in [0, 0.1) is 0 Å². The van der Waals surface area contributed by atoms with Crippen LogP contribution >= 0.6 is 11.3 Å². The monoisotopic (exact) mass is 294 g/mol. The molecular weight excluding hydrogens is 284 g/mol. The Balaban J connectivity index is 2.15. The molecule has 8 heteroatoms. The lowest BCUT2D eigenvalue weighted by molar-refractivity contribution is 0.597. The molecule has 0 aliphatic heterocycles. The molecule has 3 rings (SSSR count). The van der Waals surface area contributed by atoms with Crippen LogP contribution in [-0.4, -0.2) is 17.8 Å². The Bertz CT molecular complexity index is 822. The van der Waals surface area contributed by atoms with Crippen molar-refractivity contribution >= 4 is 38.5 Å². The highest BCUT2D eigenvalue weighted by Gasteiger charge is 2.23. The molecule has 98 valence electrons. The van der Waals surface area contributed by atoms with Crippen LogP contribution in [0.15, 0.2) is 46.2 Å². The Morgan fingerprint density at radius 3 is 2.89 bits per heavy atom. The van der Waals surface area contributed by atoms with Gasteiger partial charge in [0, 0.05) is 11.6 Å². The highest BCUT2D eigenvalue weighted by atomic mass is 32.2. The number of rotatable bonds is 3. The summed E-state index contributed by atoms with van der Waals surface area (Å²) in [5, 5.41) is 3.45. The van der Waals surface area contributed by atoms with E-state index in [1.54, 1.807) is 41.2 Å². The largest absolute Gasteiger partial charge is 0.381 e. The molecule has 3 aromatic rings. The number of thiophene rings is 1. The van der Waals surface area contributed by atoms with Crippen molar-refractivity contribution in [3.8, 4) is 0 Å². The predicted molar refractivity (Wildman–Crippen MR) is 74.7 cm³/mol. The van der Waals surface area contributed by atoms with E-state index in [9.17, 15) is 8.42 Å². The van der Waals surface area contributed by atoms with Crippen LogP contribution in [-0.2, 0) is 10.0 Å². The van der Waals surface area contributed by atoms with Gasteiger partial charge in [-0.1, -0.05) is 6.07 Å². The molecule has 3 heterocycles. The quantitative estimate of drug-likeness (QED) is 0.770. The maximum atomic E-state index is 12.3. The molecule has 0 fully saturated rings. The van der Waals surface area contributed by atoms with E-state index in [1.165, 1.54) is 15.7 Å². The molecule has 0 unspecified atom stereocenters. The zero-order valence-corrected chi connectivity index (χ0v) is 11.3. The Labute approximate surface area is 113 Å². The van der Waals surface area contributed by atoms with Crippen molar-refractivity contribution in [2.45, 2.75) is 5.03 Å². The Morgan fingerprint density at radius 2 is 2.16 bits per heavy atom. The minimum absolute atomic E-state index is 0.0195. The molecule has 0 saturated heterocycles. The second-order valence-electron chi connectivity index (χ2n) is 3.85. The molecule has 3 N–H and O–H groups in total. The van der Waals surface area contributed by atoms with E-state index in [4.69, 9.17) is 5.73 Å². The van der Waals surface area contributed by atoms with Gasteiger partial charge in [-0.05, 0) is 23.6 Å². The third-order valence-electron chi connectivity index (χ3n) is 2.54. The summed E-state index contributed by atoms with van der Waals surface area (Å²) in [6.45, 7) is 0. The average Bonchev–Trinajstić information content (AvgIpc) is 2.94. The van der Waals surface area contributed by atoms with E-state index in [0.29, 0.717) is 11.3 Å². The van der Waals surface area contributed by atoms with Crippen molar-refractivity contribution in [1.82, 2.24) is 9.38 Å². The lowest BCUT2D eigenvalue weighted by Gasteiger charge is -2.06. The van der Waals surface area contributed by atoms with Gasteiger partial charge in [-0.25, -0.2) is 4.98 Å². The zero-order chi connectivity index (χ0) is 13.5. The first-order valence-electron chi connectivity index (χ1n) is 5.35. The van der Waals surface area contributed by atoms with Crippen LogP contribution in [0.5, 0.6) is 0 Å². The molecule has 19 heavy (non-hydrogen) atoms. The second-order valence-corrected chi connectivity index (χ2v) is 6.23. The molecule has 0 saturated carbocycles. The van der Waals surface area contributed by atoms with Gasteiger partial charge in [-0.15, -0.1) is 0 Å². The van der Waals surface area contributed by atoms with Gasteiger partial charge in [0.1, 0.15) is 5.65 Å². The minimum Gasteiger partial charge on any atom is -0.381 e. The second kappa shape index (κ2) is 4.25. The third kappa shape index (κ3) is 2.04. The number of sulfonamides is 1. The van der Waals surface area contributed by atoms with Gasteiger partial charge in [0.2, 0.25) is 5.03 Å². The fraction of sp³-hybridized carbons (Fsp3) is 0. The van der Waals surface area contributed by atoms with E-state index in [1.807, 2.05) is 0 Å². The van der Waals surface area contributed by atoms with Crippen LogP contribution in [0.25, 0.3) is 5.65 Å². The number of fused-ring (bicyclic) bond motifs is 1. The van der Waals surface area contributed by atoms with Crippen LogP contribution in [0.2, 0.25) is 0 Å². The van der Waals surface area contributed by atoms with Crippen LogP contribution in [0.3, 0.4) is 0 Å². The molecule has 0 bridgehead atoms. The molecule has 6 nitrogen and oxygen atoms in total. The molecule has 0 aliphatic carbocycles. The SMILES string of the molecule is Nc1nc2ccccn2c1S(=O)(=O)Nc1ccsc1. The van der Waals surface area contributed by atoms with Gasteiger partial charge in [0.05, 0.1) is 5.69 Å². The van der Waals surface area contributed by atoms with E-state index >= 15 is 0 Å². The maximum absolute atomic E-state index is 12.3. The van der Waals surface area contributed by atoms with Crippen LogP contribution < -0.4 is 10.5 Å². The maximum Gasteiger partial charge on any atom is 0.281 e. The zero-order valence-electron chi connectivity index (χ0n) is 9.65. The third-order valence-corrected chi connectivity index (χ3v) is 4.64. The molecule has 0 aromatic carbocycles. The summed E-state index contributed by atoms with van der Waals surface area (Å²) >= 11 is 1.40. The first kappa shape index (κ1) is 12.0. The van der Waals surface area contributed by atoms with E-state index < -0.39 is 10.0 Å². The van der Waals surface area contributed by atoms with Crippen molar-refractivity contribution in [2.75, 3.05) is 10.5 Å². The number of hydrogen-bond acceptors (Lipinski definition) is 5. The molecule has 0 aliphatic rings. The number of aromatic nitrogens is 2. The molecular formula is C11H10N4O2S2. The molecule has 0 atom stereocenters. The lowest BCUT2D eigenvalue weighted by atomic mass is 10.5. The van der Waals surface area contributed by atoms with Crippen molar-refractivity contribution < 1.29 is 8.42 Å². The number of nitrogen functional groups attached to an aromatic ring is 1.